The van der Waals surface area contributed by atoms with Gasteiger partial charge in [0.15, 0.2) is 11.2 Å². The zero-order chi connectivity index (χ0) is 19.9. The molecule has 2 aromatic heterocycles. The summed E-state index contributed by atoms with van der Waals surface area (Å²) in [5.41, 5.74) is 5.97. The number of ether oxygens (including phenoxy) is 3. The van der Waals surface area contributed by atoms with Gasteiger partial charge in [0.25, 0.3) is 5.56 Å². The third kappa shape index (κ3) is 7.89. The highest BCUT2D eigenvalue weighted by molar-refractivity contribution is 5.70. The molecule has 0 aliphatic rings. The first-order valence-electron chi connectivity index (χ1n) is 7.84. The van der Waals surface area contributed by atoms with E-state index in [4.69, 9.17) is 25.4 Å². The molecular weight excluding hydrogens is 346 g/mol. The molecule has 1 unspecified atom stereocenters. The smallest absolute Gasteiger partial charge is 0.280 e. The van der Waals surface area contributed by atoms with Crippen molar-refractivity contribution >= 4 is 17.1 Å². The van der Waals surface area contributed by atoms with Crippen LogP contribution in [0.4, 0.5) is 5.95 Å². The fraction of sp³-hybridized carbons (Fsp3) is 0.667. The Morgan fingerprint density at radius 3 is 2.50 bits per heavy atom. The Balaban J connectivity index is 0.000000772. The number of rotatable bonds is 8. The predicted molar refractivity (Wildman–Crippen MR) is 97.0 cm³/mol. The molecule has 5 N–H and O–H groups in total. The minimum absolute atomic E-state index is 0.0122. The second-order valence-electron chi connectivity index (χ2n) is 4.88. The van der Waals surface area contributed by atoms with E-state index in [0.717, 1.165) is 13.5 Å². The molecule has 0 aromatic carbocycles. The first kappa shape index (κ1) is 23.9. The van der Waals surface area contributed by atoms with Gasteiger partial charge in [0.05, 0.1) is 32.3 Å². The number of aliphatic hydroxyl groups excluding tert-OH is 2. The fourth-order valence-corrected chi connectivity index (χ4v) is 1.96. The largest absolute Gasteiger partial charge is 0.400 e. The Bertz CT molecular complexity index is 658. The number of nitrogen functional groups attached to an aromatic ring is 1. The minimum Gasteiger partial charge on any atom is -0.400 e. The molecule has 0 amide bonds. The van der Waals surface area contributed by atoms with Crippen molar-refractivity contribution in [3.63, 3.8) is 0 Å². The lowest BCUT2D eigenvalue weighted by Gasteiger charge is -2.14. The number of H-pyrrole nitrogens is 1. The number of aryl methyl sites for hydroxylation is 1. The average Bonchev–Trinajstić information content (AvgIpc) is 3.05. The van der Waals surface area contributed by atoms with Gasteiger partial charge in [-0.1, -0.05) is 0 Å². The number of aliphatic hydroxyl groups is 2. The summed E-state index contributed by atoms with van der Waals surface area (Å²) >= 11 is 0. The third-order valence-electron chi connectivity index (χ3n) is 3.17. The molecule has 0 spiro atoms. The maximum Gasteiger partial charge on any atom is 0.280 e. The van der Waals surface area contributed by atoms with E-state index in [-0.39, 0.29) is 29.7 Å². The van der Waals surface area contributed by atoms with Crippen molar-refractivity contribution in [3.8, 4) is 0 Å². The number of hydrogen-bond acceptors (Lipinski definition) is 9. The second kappa shape index (κ2) is 14.2. The van der Waals surface area contributed by atoms with Gasteiger partial charge in [-0.3, -0.25) is 9.78 Å². The summed E-state index contributed by atoms with van der Waals surface area (Å²) in [4.78, 5) is 22.2. The molecule has 2 rings (SSSR count). The van der Waals surface area contributed by atoms with Crippen molar-refractivity contribution in [3.05, 3.63) is 16.7 Å². The number of anilines is 1. The van der Waals surface area contributed by atoms with Gasteiger partial charge in [-0.05, 0) is 6.42 Å². The number of nitrogens with zero attached hydrogens (tertiary/aromatic N) is 3. The summed E-state index contributed by atoms with van der Waals surface area (Å²) < 4.78 is 16.5. The highest BCUT2D eigenvalue weighted by atomic mass is 16.5. The molecule has 2 heterocycles. The quantitative estimate of drug-likeness (QED) is 0.453. The summed E-state index contributed by atoms with van der Waals surface area (Å²) in [7, 11) is 5.81. The molecule has 150 valence electrons. The zero-order valence-corrected chi connectivity index (χ0v) is 15.6. The van der Waals surface area contributed by atoms with Crippen LogP contribution >= 0.6 is 0 Å². The summed E-state index contributed by atoms with van der Waals surface area (Å²) in [5.74, 6) is 0.0828. The van der Waals surface area contributed by atoms with Gasteiger partial charge in [-0.15, -0.1) is 0 Å². The van der Waals surface area contributed by atoms with E-state index in [1.54, 1.807) is 32.2 Å². The Morgan fingerprint density at radius 2 is 2.00 bits per heavy atom. The van der Waals surface area contributed by atoms with E-state index in [0.29, 0.717) is 25.4 Å². The molecule has 0 fully saturated rings. The molecule has 0 saturated carbocycles. The van der Waals surface area contributed by atoms with E-state index in [1.807, 2.05) is 0 Å². The van der Waals surface area contributed by atoms with E-state index in [2.05, 4.69) is 19.7 Å². The molecule has 0 aliphatic carbocycles. The van der Waals surface area contributed by atoms with Gasteiger partial charge >= 0.3 is 0 Å². The first-order valence-corrected chi connectivity index (χ1v) is 7.84. The van der Waals surface area contributed by atoms with Crippen molar-refractivity contribution in [2.45, 2.75) is 19.1 Å². The van der Waals surface area contributed by atoms with Crippen LogP contribution in [0.2, 0.25) is 0 Å². The summed E-state index contributed by atoms with van der Waals surface area (Å²) in [5, 5.41) is 14.9. The van der Waals surface area contributed by atoms with Crippen LogP contribution in [0.3, 0.4) is 0 Å². The Morgan fingerprint density at radius 1 is 1.31 bits per heavy atom. The van der Waals surface area contributed by atoms with Crippen LogP contribution in [-0.4, -0.2) is 84.1 Å². The number of nitrogens with one attached hydrogen (secondary N) is 1. The molecule has 0 radical (unpaired) electrons. The van der Waals surface area contributed by atoms with Crippen LogP contribution in [0.1, 0.15) is 6.42 Å². The zero-order valence-electron chi connectivity index (χ0n) is 15.6. The molecule has 0 saturated heterocycles. The van der Waals surface area contributed by atoms with Gasteiger partial charge < -0.3 is 34.7 Å². The lowest BCUT2D eigenvalue weighted by atomic mass is 10.2. The molecule has 11 nitrogen and oxygen atoms in total. The average molecular weight is 375 g/mol. The highest BCUT2D eigenvalue weighted by Gasteiger charge is 2.12. The van der Waals surface area contributed by atoms with E-state index in [1.165, 1.54) is 0 Å². The number of hydrogen-bond donors (Lipinski definition) is 4. The van der Waals surface area contributed by atoms with Crippen molar-refractivity contribution in [1.82, 2.24) is 19.5 Å². The van der Waals surface area contributed by atoms with Crippen molar-refractivity contribution in [2.24, 2.45) is 0 Å². The summed E-state index contributed by atoms with van der Waals surface area (Å²) in [6, 6.07) is 0. The molecule has 1 atom stereocenters. The Labute approximate surface area is 151 Å². The van der Waals surface area contributed by atoms with Gasteiger partial charge in [-0.25, -0.2) is 4.98 Å². The first-order chi connectivity index (χ1) is 12.6. The Kier molecular flexibility index (Phi) is 13.0. The number of imidazole rings is 1. The molecular formula is C15H29N5O6. The maximum atomic E-state index is 11.6. The van der Waals surface area contributed by atoms with Gasteiger partial charge in [0.2, 0.25) is 5.95 Å². The Hall–Kier alpha value is -2.05. The molecule has 0 bridgehead atoms. The van der Waals surface area contributed by atoms with Gasteiger partial charge in [0.1, 0.15) is 0 Å². The van der Waals surface area contributed by atoms with Crippen LogP contribution in [-0.2, 0) is 20.8 Å². The lowest BCUT2D eigenvalue weighted by Crippen LogP contribution is -2.19. The van der Waals surface area contributed by atoms with Crippen LogP contribution < -0.4 is 11.3 Å². The van der Waals surface area contributed by atoms with Gasteiger partial charge in [-0.2, -0.15) is 4.98 Å². The molecule has 0 aliphatic heterocycles. The van der Waals surface area contributed by atoms with Crippen molar-refractivity contribution in [2.75, 3.05) is 54.0 Å². The van der Waals surface area contributed by atoms with Gasteiger partial charge in [0, 0.05) is 35.0 Å². The monoisotopic (exact) mass is 375 g/mol. The number of nitrogens with two attached hydrogens (primary N) is 1. The van der Waals surface area contributed by atoms with Crippen LogP contribution in [0.25, 0.3) is 11.2 Å². The number of aromatic nitrogens is 4. The molecule has 2 aromatic rings. The predicted octanol–water partition coefficient (Wildman–Crippen LogP) is -1.01. The van der Waals surface area contributed by atoms with Crippen molar-refractivity contribution in [1.29, 1.82) is 0 Å². The molecule has 26 heavy (non-hydrogen) atoms. The van der Waals surface area contributed by atoms with E-state index in [9.17, 15) is 4.79 Å². The van der Waals surface area contributed by atoms with Crippen LogP contribution in [0.5, 0.6) is 0 Å². The SMILES string of the molecule is CO.COCC(CCn1cnc2c(=O)[nH]c(N)nc21)OC.COCCO. The normalized spacial score (nSPS) is 11.3. The number of aromatic amines is 1. The lowest BCUT2D eigenvalue weighted by molar-refractivity contribution is 0.0212. The third-order valence-corrected chi connectivity index (χ3v) is 3.17. The maximum absolute atomic E-state index is 11.6. The minimum atomic E-state index is -0.332. The van der Waals surface area contributed by atoms with Crippen LogP contribution in [0, 0.1) is 0 Å². The topological polar surface area (TPSA) is 158 Å². The summed E-state index contributed by atoms with van der Waals surface area (Å²) in [6.45, 7) is 1.70. The van der Waals surface area contributed by atoms with E-state index >= 15 is 0 Å². The van der Waals surface area contributed by atoms with E-state index < -0.39 is 0 Å². The summed E-state index contributed by atoms with van der Waals surface area (Å²) in [6.07, 6.45) is 2.29. The highest BCUT2D eigenvalue weighted by Crippen LogP contribution is 2.09. The fourth-order valence-electron chi connectivity index (χ4n) is 1.96. The number of fused-ring (bicyclic) bond motifs is 1. The second-order valence-corrected chi connectivity index (χ2v) is 4.88. The molecule has 11 heteroatoms. The van der Waals surface area contributed by atoms with Crippen molar-refractivity contribution < 1.29 is 24.4 Å². The number of methoxy groups -OCH3 is 3. The van der Waals surface area contributed by atoms with Crippen LogP contribution in [0.15, 0.2) is 11.1 Å². The standard InChI is InChI=1S/C11H17N5O3.C3H8O2.CH4O/c1-18-5-7(19-2)3-4-16-6-13-8-9(16)14-11(12)15-10(8)17;1-5-3-2-4;1-2/h6-7H,3-5H2,1-2H3,(H3,12,14,15,17);4H,2-3H2,1H3;2H,1H3.